The second-order valence-corrected chi connectivity index (χ2v) is 4.84. The molecule has 13 heavy (non-hydrogen) atoms. The Morgan fingerprint density at radius 1 is 1.54 bits per heavy atom. The van der Waals surface area contributed by atoms with Crippen molar-refractivity contribution in [3.05, 3.63) is 0 Å². The van der Waals surface area contributed by atoms with Crippen LogP contribution in [0.1, 0.15) is 40.0 Å². The fourth-order valence-corrected chi connectivity index (χ4v) is 2.43. The van der Waals surface area contributed by atoms with Crippen LogP contribution in [-0.4, -0.2) is 12.1 Å². The molecule has 2 nitrogen and oxygen atoms in total. The molecule has 1 aliphatic carbocycles. The van der Waals surface area contributed by atoms with Gasteiger partial charge in [0.1, 0.15) is 12.1 Å². The maximum absolute atomic E-state index is 10.8. The predicted octanol–water partition coefficient (Wildman–Crippen LogP) is 2.22. The van der Waals surface area contributed by atoms with E-state index in [0.29, 0.717) is 12.3 Å². The molecule has 1 fully saturated rings. The minimum atomic E-state index is 0.203. The molecule has 0 aromatic heterocycles. The molecule has 1 saturated carbocycles. The van der Waals surface area contributed by atoms with Gasteiger partial charge in [-0.05, 0) is 31.1 Å². The summed E-state index contributed by atoms with van der Waals surface area (Å²) in [6.07, 6.45) is 3.54. The van der Waals surface area contributed by atoms with E-state index in [-0.39, 0.29) is 17.1 Å². The molecule has 0 aromatic rings. The smallest absolute Gasteiger partial charge is 0.129 e. The molecule has 0 spiro atoms. The lowest BCUT2D eigenvalue weighted by Gasteiger charge is -2.49. The fraction of sp³-hybridized carbons (Fsp3) is 0.818. The van der Waals surface area contributed by atoms with Gasteiger partial charge in [-0.25, -0.2) is 0 Å². The van der Waals surface area contributed by atoms with Gasteiger partial charge in [-0.15, -0.1) is 0 Å². The van der Waals surface area contributed by atoms with Gasteiger partial charge >= 0.3 is 0 Å². The molecule has 74 valence electrons. The highest BCUT2D eigenvalue weighted by molar-refractivity contribution is 5.75. The molecule has 0 radical (unpaired) electrons. The Morgan fingerprint density at radius 2 is 2.15 bits per heavy atom. The molecule has 2 heteroatoms. The van der Waals surface area contributed by atoms with Crippen LogP contribution in [0.3, 0.4) is 0 Å². The third-order valence-corrected chi connectivity index (χ3v) is 3.26. The number of hydrogen-bond acceptors (Lipinski definition) is 2. The molecule has 0 N–H and O–H groups in total. The summed E-state index contributed by atoms with van der Waals surface area (Å²) >= 11 is 0. The Morgan fingerprint density at radius 3 is 2.54 bits per heavy atom. The second-order valence-electron chi connectivity index (χ2n) is 4.84. The zero-order valence-corrected chi connectivity index (χ0v) is 8.67. The molecule has 0 aliphatic heterocycles. The molecular weight excluding hydrogens is 164 g/mol. The molecule has 0 heterocycles. The van der Waals surface area contributed by atoms with Gasteiger partial charge in [0.15, 0.2) is 0 Å². The maximum atomic E-state index is 10.8. The van der Waals surface area contributed by atoms with Gasteiger partial charge in [0.05, 0.1) is 0 Å². The lowest BCUT2D eigenvalue weighted by atomic mass is 9.54. The number of ketones is 1. The van der Waals surface area contributed by atoms with Crippen LogP contribution in [0.2, 0.25) is 0 Å². The van der Waals surface area contributed by atoms with Crippen LogP contribution in [0.5, 0.6) is 0 Å². The van der Waals surface area contributed by atoms with Gasteiger partial charge < -0.3 is 9.59 Å². The van der Waals surface area contributed by atoms with Crippen LogP contribution in [0.15, 0.2) is 0 Å². The van der Waals surface area contributed by atoms with Crippen LogP contribution in [0.25, 0.3) is 0 Å². The maximum Gasteiger partial charge on any atom is 0.129 e. The minimum absolute atomic E-state index is 0.203. The molecule has 2 atom stereocenters. The Bertz CT molecular complexity index is 218. The molecule has 1 rings (SSSR count). The summed E-state index contributed by atoms with van der Waals surface area (Å²) in [5.74, 6) is 0.857. The highest BCUT2D eigenvalue weighted by Crippen LogP contribution is 2.51. The summed E-state index contributed by atoms with van der Waals surface area (Å²) in [6, 6.07) is 0. The first kappa shape index (κ1) is 10.4. The first-order valence-electron chi connectivity index (χ1n) is 4.92. The van der Waals surface area contributed by atoms with Gasteiger partial charge in [0, 0.05) is 12.3 Å². The van der Waals surface area contributed by atoms with Gasteiger partial charge in [-0.3, -0.25) is 0 Å². The average molecular weight is 182 g/mol. The molecule has 1 aliphatic rings. The molecule has 0 bridgehead atoms. The monoisotopic (exact) mass is 182 g/mol. The quantitative estimate of drug-likeness (QED) is 0.625. The average Bonchev–Trinajstić information content (AvgIpc) is 2.00. The standard InChI is InChI=1S/C11H18O2/c1-8(13)4-5-10-9(7-12)6-11(10,2)3/h7,9-10H,4-6H2,1-3H3. The Kier molecular flexibility index (Phi) is 2.89. The van der Waals surface area contributed by atoms with Crippen LogP contribution < -0.4 is 0 Å². The third-order valence-electron chi connectivity index (χ3n) is 3.26. The number of aldehydes is 1. The number of rotatable bonds is 4. The van der Waals surface area contributed by atoms with Gasteiger partial charge in [0.25, 0.3) is 0 Å². The van der Waals surface area contributed by atoms with Crippen molar-refractivity contribution >= 4 is 12.1 Å². The predicted molar refractivity (Wildman–Crippen MR) is 51.4 cm³/mol. The lowest BCUT2D eigenvalue weighted by molar-refractivity contribution is -0.126. The van der Waals surface area contributed by atoms with E-state index in [0.717, 1.165) is 19.1 Å². The summed E-state index contributed by atoms with van der Waals surface area (Å²) in [6.45, 7) is 5.97. The van der Waals surface area contributed by atoms with Crippen molar-refractivity contribution in [2.45, 2.75) is 40.0 Å². The van der Waals surface area contributed by atoms with Gasteiger partial charge in [-0.1, -0.05) is 13.8 Å². The van der Waals surface area contributed by atoms with E-state index in [9.17, 15) is 9.59 Å². The summed E-state index contributed by atoms with van der Waals surface area (Å²) in [5, 5.41) is 0. The fourth-order valence-electron chi connectivity index (χ4n) is 2.43. The Balaban J connectivity index is 2.45. The number of Topliss-reactive ketones (excluding diaryl/α,β-unsaturated/α-hetero) is 1. The third kappa shape index (κ3) is 2.17. The van der Waals surface area contributed by atoms with Crippen molar-refractivity contribution in [3.63, 3.8) is 0 Å². The highest BCUT2D eigenvalue weighted by Gasteiger charge is 2.46. The second kappa shape index (κ2) is 3.60. The first-order valence-corrected chi connectivity index (χ1v) is 4.92. The largest absolute Gasteiger partial charge is 0.303 e. The van der Waals surface area contributed by atoms with Crippen LogP contribution in [0.4, 0.5) is 0 Å². The SMILES string of the molecule is CC(=O)CCC1C(C=O)CC1(C)C. The normalized spacial score (nSPS) is 30.7. The topological polar surface area (TPSA) is 34.1 Å². The Hall–Kier alpha value is -0.660. The van der Waals surface area contributed by atoms with E-state index in [1.54, 1.807) is 6.92 Å². The van der Waals surface area contributed by atoms with Crippen molar-refractivity contribution in [1.29, 1.82) is 0 Å². The van der Waals surface area contributed by atoms with E-state index in [2.05, 4.69) is 13.8 Å². The van der Waals surface area contributed by atoms with E-state index in [1.165, 1.54) is 0 Å². The van der Waals surface area contributed by atoms with Crippen molar-refractivity contribution < 1.29 is 9.59 Å². The van der Waals surface area contributed by atoms with E-state index >= 15 is 0 Å². The van der Waals surface area contributed by atoms with Crippen LogP contribution >= 0.6 is 0 Å². The van der Waals surface area contributed by atoms with Crippen molar-refractivity contribution in [1.82, 2.24) is 0 Å². The summed E-state index contributed by atoms with van der Waals surface area (Å²) in [5.41, 5.74) is 0.265. The molecule has 0 amide bonds. The van der Waals surface area contributed by atoms with Crippen molar-refractivity contribution in [2.75, 3.05) is 0 Å². The Labute approximate surface area is 79.7 Å². The number of hydrogen-bond donors (Lipinski definition) is 0. The van der Waals surface area contributed by atoms with Gasteiger partial charge in [0.2, 0.25) is 0 Å². The van der Waals surface area contributed by atoms with E-state index in [1.807, 2.05) is 0 Å². The summed E-state index contributed by atoms with van der Waals surface area (Å²) < 4.78 is 0. The highest BCUT2D eigenvalue weighted by atomic mass is 16.1. The molecule has 0 aromatic carbocycles. The van der Waals surface area contributed by atoms with Crippen LogP contribution in [-0.2, 0) is 9.59 Å². The summed E-state index contributed by atoms with van der Waals surface area (Å²) in [4.78, 5) is 21.5. The van der Waals surface area contributed by atoms with Crippen molar-refractivity contribution in [3.8, 4) is 0 Å². The molecular formula is C11H18O2. The van der Waals surface area contributed by atoms with Crippen LogP contribution in [0, 0.1) is 17.3 Å². The van der Waals surface area contributed by atoms with E-state index < -0.39 is 0 Å². The lowest BCUT2D eigenvalue weighted by Crippen LogP contribution is -2.44. The molecule has 0 saturated heterocycles. The zero-order valence-electron chi connectivity index (χ0n) is 8.67. The zero-order chi connectivity index (χ0) is 10.1. The summed E-state index contributed by atoms with van der Waals surface area (Å²) in [7, 11) is 0. The van der Waals surface area contributed by atoms with E-state index in [4.69, 9.17) is 0 Å². The molecule has 2 unspecified atom stereocenters. The number of carbonyl (C=O) groups excluding carboxylic acids is 2. The van der Waals surface area contributed by atoms with Gasteiger partial charge in [-0.2, -0.15) is 0 Å². The number of carbonyl (C=O) groups is 2. The first-order chi connectivity index (χ1) is 5.97. The van der Waals surface area contributed by atoms with Crippen molar-refractivity contribution in [2.24, 2.45) is 17.3 Å². The minimum Gasteiger partial charge on any atom is -0.303 e.